The van der Waals surface area contributed by atoms with Gasteiger partial charge in [0, 0.05) is 12.1 Å². The summed E-state index contributed by atoms with van der Waals surface area (Å²) in [4.78, 5) is 12.2. The molecule has 0 unspecified atom stereocenters. The second-order valence-electron chi connectivity index (χ2n) is 6.79. The van der Waals surface area contributed by atoms with Crippen molar-refractivity contribution in [1.82, 2.24) is 0 Å². The molecule has 0 aliphatic heterocycles. The number of ether oxygens (including phenoxy) is 1. The highest BCUT2D eigenvalue weighted by Crippen LogP contribution is 2.25. The van der Waals surface area contributed by atoms with Gasteiger partial charge in [-0.15, -0.1) is 0 Å². The maximum atomic E-state index is 14.0. The Hall–Kier alpha value is -2.94. The molecule has 2 aromatic rings. The molecule has 0 bridgehead atoms. The van der Waals surface area contributed by atoms with Crippen LogP contribution in [-0.2, 0) is 14.8 Å². The van der Waals surface area contributed by atoms with Crippen molar-refractivity contribution in [3.63, 3.8) is 0 Å². The van der Waals surface area contributed by atoms with Crippen molar-refractivity contribution in [3.8, 4) is 5.75 Å². The molecule has 0 fully saturated rings. The maximum absolute atomic E-state index is 14.0. The zero-order valence-corrected chi connectivity index (χ0v) is 17.7. The van der Waals surface area contributed by atoms with Crippen molar-refractivity contribution >= 4 is 33.4 Å². The second kappa shape index (κ2) is 10.2. The minimum absolute atomic E-state index is 0.00192. The number of carbonyl (C=O) groups is 1. The molecule has 30 heavy (non-hydrogen) atoms. The lowest BCUT2D eigenvalue weighted by molar-refractivity contribution is -0.111. The third-order valence-corrected chi connectivity index (χ3v) is 5.19. The topological polar surface area (TPSA) is 84.5 Å². The first-order valence-electron chi connectivity index (χ1n) is 9.35. The Bertz CT molecular complexity index is 1040. The third kappa shape index (κ3) is 7.14. The standard InChI is InChI=1S/C21H24F2N2O4S/c1-4-10-30(27,28)25-20-13-19(17(22)12-18(20)23)24-21(26)9-8-15-6-5-7-16(11-15)29-14(2)3/h5-9,11-14,25H,4,10H2,1-3H3,(H,24,26)/b9-8+. The van der Waals surface area contributed by atoms with E-state index in [4.69, 9.17) is 4.74 Å². The van der Waals surface area contributed by atoms with Gasteiger partial charge in [-0.3, -0.25) is 9.52 Å². The van der Waals surface area contributed by atoms with E-state index >= 15 is 0 Å². The molecule has 0 aliphatic rings. The minimum Gasteiger partial charge on any atom is -0.491 e. The lowest BCUT2D eigenvalue weighted by Gasteiger charge is -2.11. The van der Waals surface area contributed by atoms with E-state index in [1.807, 2.05) is 13.8 Å². The predicted molar refractivity (Wildman–Crippen MR) is 114 cm³/mol. The Morgan fingerprint density at radius 2 is 1.83 bits per heavy atom. The highest BCUT2D eigenvalue weighted by molar-refractivity contribution is 7.92. The Kier molecular flexibility index (Phi) is 7.93. The van der Waals surface area contributed by atoms with Crippen LogP contribution >= 0.6 is 0 Å². The van der Waals surface area contributed by atoms with Gasteiger partial charge >= 0.3 is 0 Å². The molecule has 2 rings (SSSR count). The van der Waals surface area contributed by atoms with Gasteiger partial charge in [-0.2, -0.15) is 0 Å². The molecule has 0 saturated heterocycles. The van der Waals surface area contributed by atoms with Gasteiger partial charge in [-0.05, 0) is 50.1 Å². The SMILES string of the molecule is CCCS(=O)(=O)Nc1cc(NC(=O)/C=C/c2cccc(OC(C)C)c2)c(F)cc1F. The number of anilines is 2. The summed E-state index contributed by atoms with van der Waals surface area (Å²) < 4.78 is 59.3. The first kappa shape index (κ1) is 23.3. The number of benzene rings is 2. The summed E-state index contributed by atoms with van der Waals surface area (Å²) in [5.74, 6) is -2.35. The maximum Gasteiger partial charge on any atom is 0.248 e. The molecule has 2 N–H and O–H groups in total. The molecule has 2 aromatic carbocycles. The second-order valence-corrected chi connectivity index (χ2v) is 8.64. The van der Waals surface area contributed by atoms with Gasteiger partial charge in [0.15, 0.2) is 0 Å². The summed E-state index contributed by atoms with van der Waals surface area (Å²) in [5.41, 5.74) is -0.101. The number of carbonyl (C=O) groups excluding carboxylic acids is 1. The Morgan fingerprint density at radius 3 is 2.50 bits per heavy atom. The molecule has 0 radical (unpaired) electrons. The normalized spacial score (nSPS) is 11.7. The van der Waals surface area contributed by atoms with E-state index in [-0.39, 0.29) is 17.5 Å². The van der Waals surface area contributed by atoms with Gasteiger partial charge in [-0.1, -0.05) is 19.1 Å². The molecule has 6 nitrogen and oxygen atoms in total. The highest BCUT2D eigenvalue weighted by atomic mass is 32.2. The van der Waals surface area contributed by atoms with E-state index < -0.39 is 33.3 Å². The number of rotatable bonds is 9. The number of amides is 1. The number of halogens is 2. The zero-order chi connectivity index (χ0) is 22.3. The van der Waals surface area contributed by atoms with Gasteiger partial charge in [0.2, 0.25) is 15.9 Å². The molecule has 162 valence electrons. The lowest BCUT2D eigenvalue weighted by atomic mass is 10.2. The van der Waals surface area contributed by atoms with E-state index in [0.717, 1.165) is 6.07 Å². The van der Waals surface area contributed by atoms with Gasteiger partial charge in [0.05, 0.1) is 23.2 Å². The van der Waals surface area contributed by atoms with Crippen molar-refractivity contribution in [2.45, 2.75) is 33.3 Å². The van der Waals surface area contributed by atoms with Crippen LogP contribution in [0.5, 0.6) is 5.75 Å². The van der Waals surface area contributed by atoms with E-state index in [9.17, 15) is 22.0 Å². The van der Waals surface area contributed by atoms with Crippen LogP contribution in [-0.4, -0.2) is 26.2 Å². The summed E-state index contributed by atoms with van der Waals surface area (Å²) in [6.07, 6.45) is 3.01. The van der Waals surface area contributed by atoms with E-state index in [1.54, 1.807) is 31.2 Å². The summed E-state index contributed by atoms with van der Waals surface area (Å²) in [6.45, 7) is 5.44. The molecule has 0 saturated carbocycles. The molecular weight excluding hydrogens is 414 g/mol. The lowest BCUT2D eigenvalue weighted by Crippen LogP contribution is -2.18. The smallest absolute Gasteiger partial charge is 0.248 e. The molecule has 1 amide bonds. The fraction of sp³-hybridized carbons (Fsp3) is 0.286. The molecule has 9 heteroatoms. The molecule has 0 spiro atoms. The van der Waals surface area contributed by atoms with Gasteiger partial charge < -0.3 is 10.1 Å². The zero-order valence-electron chi connectivity index (χ0n) is 16.9. The Balaban J connectivity index is 2.14. The molecular formula is C21H24F2N2O4S. The van der Waals surface area contributed by atoms with E-state index in [2.05, 4.69) is 10.0 Å². The number of sulfonamides is 1. The highest BCUT2D eigenvalue weighted by Gasteiger charge is 2.16. The fourth-order valence-corrected chi connectivity index (χ4v) is 3.65. The van der Waals surface area contributed by atoms with Gasteiger partial charge in [0.25, 0.3) is 0 Å². The van der Waals surface area contributed by atoms with Gasteiger partial charge in [-0.25, -0.2) is 17.2 Å². The van der Waals surface area contributed by atoms with Crippen molar-refractivity contribution < 1.29 is 26.7 Å². The molecule has 0 aromatic heterocycles. The van der Waals surface area contributed by atoms with Crippen LogP contribution in [0, 0.1) is 11.6 Å². The molecule has 0 aliphatic carbocycles. The summed E-state index contributed by atoms with van der Waals surface area (Å²) in [5, 5.41) is 2.28. The molecule has 0 heterocycles. The minimum atomic E-state index is -3.78. The Labute approximate surface area is 175 Å². The van der Waals surface area contributed by atoms with Crippen molar-refractivity contribution in [3.05, 3.63) is 59.7 Å². The fourth-order valence-electron chi connectivity index (χ4n) is 2.52. The average Bonchev–Trinajstić information content (AvgIpc) is 2.63. The van der Waals surface area contributed by atoms with Crippen LogP contribution in [0.1, 0.15) is 32.8 Å². The largest absolute Gasteiger partial charge is 0.491 e. The van der Waals surface area contributed by atoms with Crippen LogP contribution < -0.4 is 14.8 Å². The summed E-state index contributed by atoms with van der Waals surface area (Å²) in [7, 11) is -3.78. The van der Waals surface area contributed by atoms with E-state index in [1.165, 1.54) is 12.2 Å². The first-order chi connectivity index (χ1) is 14.1. The first-order valence-corrected chi connectivity index (χ1v) is 11.0. The van der Waals surface area contributed by atoms with Crippen LogP contribution in [0.4, 0.5) is 20.2 Å². The molecule has 0 atom stereocenters. The number of nitrogens with one attached hydrogen (secondary N) is 2. The average molecular weight is 438 g/mol. The van der Waals surface area contributed by atoms with Gasteiger partial charge in [0.1, 0.15) is 17.4 Å². The van der Waals surface area contributed by atoms with Crippen molar-refractivity contribution in [2.75, 3.05) is 15.8 Å². The van der Waals surface area contributed by atoms with Crippen molar-refractivity contribution in [2.24, 2.45) is 0 Å². The Morgan fingerprint density at radius 1 is 1.13 bits per heavy atom. The predicted octanol–water partition coefficient (Wildman–Crippen LogP) is 4.56. The van der Waals surface area contributed by atoms with Crippen LogP contribution in [0.15, 0.2) is 42.5 Å². The number of hydrogen-bond acceptors (Lipinski definition) is 4. The quantitative estimate of drug-likeness (QED) is 0.563. The van der Waals surface area contributed by atoms with Crippen LogP contribution in [0.3, 0.4) is 0 Å². The third-order valence-electron chi connectivity index (χ3n) is 3.71. The van der Waals surface area contributed by atoms with Crippen LogP contribution in [0.25, 0.3) is 6.08 Å². The number of hydrogen-bond donors (Lipinski definition) is 2. The van der Waals surface area contributed by atoms with Crippen molar-refractivity contribution in [1.29, 1.82) is 0 Å². The van der Waals surface area contributed by atoms with E-state index in [0.29, 0.717) is 23.8 Å². The monoisotopic (exact) mass is 438 g/mol. The summed E-state index contributed by atoms with van der Waals surface area (Å²) in [6, 6.07) is 8.46. The van der Waals surface area contributed by atoms with Crippen LogP contribution in [0.2, 0.25) is 0 Å². The summed E-state index contributed by atoms with van der Waals surface area (Å²) >= 11 is 0.